The molecule has 1 N–H and O–H groups in total. The smallest absolute Gasteiger partial charge is 0.0542 e. The second-order valence-corrected chi connectivity index (χ2v) is 4.23. The molecule has 1 aromatic carbocycles. The van der Waals surface area contributed by atoms with Crippen molar-refractivity contribution in [2.45, 2.75) is 18.5 Å². The maximum Gasteiger partial charge on any atom is 0.0542 e. The molecule has 3 rings (SSSR count). The van der Waals surface area contributed by atoms with Crippen LogP contribution in [-0.4, -0.2) is 11.6 Å². The van der Waals surface area contributed by atoms with Gasteiger partial charge in [0.25, 0.3) is 0 Å². The molecule has 0 bridgehead atoms. The largest absolute Gasteiger partial charge is 0.298 e. The van der Waals surface area contributed by atoms with Crippen molar-refractivity contribution >= 4 is 5.57 Å². The van der Waals surface area contributed by atoms with Crippen LogP contribution in [0.2, 0.25) is 0 Å². The fraction of sp³-hybridized carbons (Fsp3) is 0.231. The third-order valence-corrected chi connectivity index (χ3v) is 3.06. The van der Waals surface area contributed by atoms with Crippen molar-refractivity contribution in [2.75, 3.05) is 0 Å². The van der Waals surface area contributed by atoms with Crippen LogP contribution in [0.3, 0.4) is 0 Å². The van der Waals surface area contributed by atoms with E-state index in [-0.39, 0.29) is 5.54 Å². The number of fused-ring (bicyclic) bond motifs is 1. The monoisotopic (exact) mass is 183 g/mol. The van der Waals surface area contributed by atoms with Gasteiger partial charge in [-0.05, 0) is 18.1 Å². The molecule has 2 aliphatic rings. The van der Waals surface area contributed by atoms with Gasteiger partial charge in [-0.15, -0.1) is 0 Å². The van der Waals surface area contributed by atoms with E-state index in [2.05, 4.69) is 60.8 Å². The van der Waals surface area contributed by atoms with Crippen LogP contribution in [0.5, 0.6) is 0 Å². The van der Waals surface area contributed by atoms with Crippen LogP contribution in [0.4, 0.5) is 0 Å². The number of rotatable bonds is 1. The van der Waals surface area contributed by atoms with Gasteiger partial charge in [0.15, 0.2) is 0 Å². The van der Waals surface area contributed by atoms with E-state index in [0.717, 1.165) is 0 Å². The Morgan fingerprint density at radius 2 is 2.00 bits per heavy atom. The van der Waals surface area contributed by atoms with E-state index in [4.69, 9.17) is 0 Å². The van der Waals surface area contributed by atoms with Crippen LogP contribution in [0.15, 0.2) is 48.6 Å². The van der Waals surface area contributed by atoms with Gasteiger partial charge >= 0.3 is 0 Å². The molecule has 1 nitrogen and oxygen atoms in total. The van der Waals surface area contributed by atoms with E-state index in [1.165, 1.54) is 11.1 Å². The summed E-state index contributed by atoms with van der Waals surface area (Å²) < 4.78 is 0. The van der Waals surface area contributed by atoms with Gasteiger partial charge in [0.05, 0.1) is 5.54 Å². The predicted octanol–water partition coefficient (Wildman–Crippen LogP) is 2.37. The van der Waals surface area contributed by atoms with E-state index < -0.39 is 0 Å². The fourth-order valence-electron chi connectivity index (χ4n) is 2.05. The first-order chi connectivity index (χ1) is 6.78. The normalized spacial score (nSPS) is 33.5. The molecule has 0 spiro atoms. The lowest BCUT2D eigenvalue weighted by molar-refractivity contribution is 0.863. The zero-order valence-electron chi connectivity index (χ0n) is 8.20. The minimum Gasteiger partial charge on any atom is -0.298 e. The van der Waals surface area contributed by atoms with Crippen molar-refractivity contribution in [3.05, 3.63) is 54.1 Å². The van der Waals surface area contributed by atoms with Gasteiger partial charge in [-0.2, -0.15) is 0 Å². The SMILES string of the molecule is C[C@]12C=C(c3ccccc3)C=C[C@@H]1N2. The van der Waals surface area contributed by atoms with E-state index in [0.29, 0.717) is 6.04 Å². The summed E-state index contributed by atoms with van der Waals surface area (Å²) in [5, 5.41) is 3.44. The third kappa shape index (κ3) is 1.13. The van der Waals surface area contributed by atoms with Gasteiger partial charge < -0.3 is 0 Å². The molecule has 0 amide bonds. The molecule has 1 heterocycles. The standard InChI is InChI=1S/C13H13N/c1-13-9-11(7-8-12(13)14-13)10-5-3-2-4-6-10/h2-9,12,14H,1H3/t12-,13-/m0/s1. The van der Waals surface area contributed by atoms with Gasteiger partial charge in [-0.1, -0.05) is 48.6 Å². The maximum atomic E-state index is 3.44. The molecule has 1 heteroatoms. The number of hydrogen-bond donors (Lipinski definition) is 1. The molecule has 1 aromatic rings. The maximum absolute atomic E-state index is 3.44. The van der Waals surface area contributed by atoms with Crippen LogP contribution in [0.1, 0.15) is 12.5 Å². The zero-order chi connectivity index (χ0) is 9.60. The fourth-order valence-corrected chi connectivity index (χ4v) is 2.05. The first-order valence-electron chi connectivity index (χ1n) is 5.02. The van der Waals surface area contributed by atoms with Gasteiger partial charge in [-0.3, -0.25) is 5.32 Å². The summed E-state index contributed by atoms with van der Waals surface area (Å²) >= 11 is 0. The summed E-state index contributed by atoms with van der Waals surface area (Å²) in [5.41, 5.74) is 2.85. The third-order valence-electron chi connectivity index (χ3n) is 3.06. The van der Waals surface area contributed by atoms with E-state index in [1.807, 2.05) is 0 Å². The number of benzene rings is 1. The Labute approximate surface area is 84.1 Å². The molecule has 2 atom stereocenters. The van der Waals surface area contributed by atoms with Gasteiger partial charge in [-0.25, -0.2) is 0 Å². The van der Waals surface area contributed by atoms with Crippen molar-refractivity contribution in [1.29, 1.82) is 0 Å². The van der Waals surface area contributed by atoms with Gasteiger partial charge in [0.1, 0.15) is 0 Å². The van der Waals surface area contributed by atoms with Crippen LogP contribution >= 0.6 is 0 Å². The molecule has 0 saturated carbocycles. The predicted molar refractivity (Wildman–Crippen MR) is 58.9 cm³/mol. The molecular formula is C13H13N. The van der Waals surface area contributed by atoms with Crippen LogP contribution in [-0.2, 0) is 0 Å². The molecular weight excluding hydrogens is 170 g/mol. The number of allylic oxidation sites excluding steroid dienone is 2. The molecule has 1 fully saturated rings. The Hall–Kier alpha value is -1.34. The van der Waals surface area contributed by atoms with Crippen LogP contribution in [0.25, 0.3) is 5.57 Å². The summed E-state index contributed by atoms with van der Waals surface area (Å²) in [6.07, 6.45) is 6.79. The summed E-state index contributed by atoms with van der Waals surface area (Å²) in [4.78, 5) is 0. The van der Waals surface area contributed by atoms with Crippen molar-refractivity contribution in [3.8, 4) is 0 Å². The molecule has 1 saturated heterocycles. The van der Waals surface area contributed by atoms with Crippen molar-refractivity contribution in [2.24, 2.45) is 0 Å². The van der Waals surface area contributed by atoms with E-state index in [9.17, 15) is 0 Å². The summed E-state index contributed by atoms with van der Waals surface area (Å²) in [5.74, 6) is 0. The van der Waals surface area contributed by atoms with Crippen molar-refractivity contribution in [3.63, 3.8) is 0 Å². The molecule has 0 radical (unpaired) electrons. The highest BCUT2D eigenvalue weighted by atomic mass is 15.2. The van der Waals surface area contributed by atoms with Gasteiger partial charge in [0, 0.05) is 6.04 Å². The second kappa shape index (κ2) is 2.58. The average molecular weight is 183 g/mol. The van der Waals surface area contributed by atoms with Crippen LogP contribution in [0, 0.1) is 0 Å². The highest BCUT2D eigenvalue weighted by Gasteiger charge is 2.47. The minimum absolute atomic E-state index is 0.222. The van der Waals surface area contributed by atoms with Crippen molar-refractivity contribution in [1.82, 2.24) is 5.32 Å². The highest BCUT2D eigenvalue weighted by molar-refractivity contribution is 5.78. The Morgan fingerprint density at radius 1 is 1.21 bits per heavy atom. The van der Waals surface area contributed by atoms with E-state index >= 15 is 0 Å². The minimum atomic E-state index is 0.222. The molecule has 1 aliphatic heterocycles. The summed E-state index contributed by atoms with van der Waals surface area (Å²) in [6, 6.07) is 11.1. The zero-order valence-corrected chi connectivity index (χ0v) is 8.20. The molecule has 14 heavy (non-hydrogen) atoms. The highest BCUT2D eigenvalue weighted by Crippen LogP contribution is 2.36. The molecule has 70 valence electrons. The second-order valence-electron chi connectivity index (χ2n) is 4.23. The van der Waals surface area contributed by atoms with Gasteiger partial charge in [0.2, 0.25) is 0 Å². The topological polar surface area (TPSA) is 21.9 Å². The summed E-state index contributed by atoms with van der Waals surface area (Å²) in [6.45, 7) is 2.24. The lowest BCUT2D eigenvalue weighted by atomic mass is 9.93. The quantitative estimate of drug-likeness (QED) is 0.663. The Balaban J connectivity index is 2.01. The number of hydrogen-bond acceptors (Lipinski definition) is 1. The lowest BCUT2D eigenvalue weighted by Crippen LogP contribution is -2.09. The number of nitrogens with one attached hydrogen (secondary N) is 1. The lowest BCUT2D eigenvalue weighted by Gasteiger charge is -2.10. The van der Waals surface area contributed by atoms with Crippen molar-refractivity contribution < 1.29 is 0 Å². The Bertz CT molecular complexity index is 416. The Kier molecular flexibility index (Phi) is 1.48. The van der Waals surface area contributed by atoms with E-state index in [1.54, 1.807) is 0 Å². The average Bonchev–Trinajstić information content (AvgIpc) is 2.90. The Morgan fingerprint density at radius 3 is 2.71 bits per heavy atom. The van der Waals surface area contributed by atoms with Crippen LogP contribution < -0.4 is 5.32 Å². The first kappa shape index (κ1) is 8.01. The summed E-state index contributed by atoms with van der Waals surface area (Å²) in [7, 11) is 0. The molecule has 0 unspecified atom stereocenters. The molecule has 1 aliphatic carbocycles. The molecule has 0 aromatic heterocycles. The first-order valence-corrected chi connectivity index (χ1v) is 5.02.